The lowest BCUT2D eigenvalue weighted by molar-refractivity contribution is -0.119. The largest absolute Gasteiger partial charge is 0.335 e. The Kier molecular flexibility index (Phi) is 4.87. The summed E-state index contributed by atoms with van der Waals surface area (Å²) in [5, 5.41) is 12.3. The van der Waals surface area contributed by atoms with E-state index in [1.165, 1.54) is 0 Å². The van der Waals surface area contributed by atoms with E-state index >= 15 is 0 Å². The molecule has 7 nitrogen and oxygen atoms in total. The van der Waals surface area contributed by atoms with Gasteiger partial charge in [-0.2, -0.15) is 11.3 Å². The third kappa shape index (κ3) is 3.38. The Morgan fingerprint density at radius 2 is 2.18 bits per heavy atom. The molecule has 2 aromatic rings. The smallest absolute Gasteiger partial charge is 0.315 e. The Balaban J connectivity index is 1.57. The molecular formula is C20H20N4O3S. The molecule has 4 rings (SSSR count). The number of rotatable bonds is 4. The van der Waals surface area contributed by atoms with Crippen LogP contribution in [0.1, 0.15) is 16.8 Å². The number of hydrogen-bond donors (Lipinski definition) is 3. The van der Waals surface area contributed by atoms with Gasteiger partial charge < -0.3 is 20.9 Å². The monoisotopic (exact) mass is 396 g/mol. The first-order valence-electron chi connectivity index (χ1n) is 9.00. The summed E-state index contributed by atoms with van der Waals surface area (Å²) >= 11 is 1.59. The topological polar surface area (TPSA) is 90.5 Å². The Morgan fingerprint density at radius 1 is 1.32 bits per heavy atom. The molecule has 3 N–H and O–H groups in total. The van der Waals surface area contributed by atoms with Crippen molar-refractivity contribution >= 4 is 34.9 Å². The molecule has 8 heteroatoms. The van der Waals surface area contributed by atoms with Crippen LogP contribution in [0, 0.1) is 0 Å². The van der Waals surface area contributed by atoms with Crippen LogP contribution in [-0.2, 0) is 4.79 Å². The molecule has 1 saturated heterocycles. The van der Waals surface area contributed by atoms with Crippen LogP contribution in [0.15, 0.2) is 47.7 Å². The lowest BCUT2D eigenvalue weighted by Gasteiger charge is -2.20. The molecule has 28 heavy (non-hydrogen) atoms. The van der Waals surface area contributed by atoms with E-state index in [1.54, 1.807) is 28.4 Å². The van der Waals surface area contributed by atoms with Crippen molar-refractivity contribution in [2.24, 2.45) is 0 Å². The first kappa shape index (κ1) is 18.2. The van der Waals surface area contributed by atoms with Gasteiger partial charge in [-0.15, -0.1) is 6.58 Å². The molecule has 0 aliphatic carbocycles. The Bertz CT molecular complexity index is 941. The molecular weight excluding hydrogens is 376 g/mol. The predicted molar refractivity (Wildman–Crippen MR) is 108 cm³/mol. The van der Waals surface area contributed by atoms with Crippen LogP contribution in [0.4, 0.5) is 10.5 Å². The van der Waals surface area contributed by atoms with Gasteiger partial charge in [0.1, 0.15) is 6.04 Å². The highest BCUT2D eigenvalue weighted by Gasteiger charge is 2.43. The van der Waals surface area contributed by atoms with Crippen LogP contribution in [0.3, 0.4) is 0 Å². The van der Waals surface area contributed by atoms with E-state index in [9.17, 15) is 14.4 Å². The van der Waals surface area contributed by atoms with Crippen LogP contribution in [-0.4, -0.2) is 47.9 Å². The average Bonchev–Trinajstić information content (AvgIpc) is 3.34. The van der Waals surface area contributed by atoms with Gasteiger partial charge in [0.05, 0.1) is 17.3 Å². The maximum atomic E-state index is 13.2. The van der Waals surface area contributed by atoms with Crippen LogP contribution in [0.5, 0.6) is 0 Å². The minimum absolute atomic E-state index is 0.203. The second kappa shape index (κ2) is 7.47. The van der Waals surface area contributed by atoms with Gasteiger partial charge >= 0.3 is 6.03 Å². The van der Waals surface area contributed by atoms with Crippen molar-refractivity contribution in [2.75, 3.05) is 18.4 Å². The summed E-state index contributed by atoms with van der Waals surface area (Å²) in [5.41, 5.74) is 2.96. The van der Waals surface area contributed by atoms with Crippen LogP contribution in [0.25, 0.3) is 11.1 Å². The molecule has 2 aliphatic heterocycles. The zero-order valence-electron chi connectivity index (χ0n) is 15.1. The number of carbonyl (C=O) groups is 3. The fourth-order valence-electron chi connectivity index (χ4n) is 3.62. The van der Waals surface area contributed by atoms with Crippen molar-refractivity contribution in [3.63, 3.8) is 0 Å². The summed E-state index contributed by atoms with van der Waals surface area (Å²) in [6.07, 6.45) is 1.96. The van der Waals surface area contributed by atoms with Crippen molar-refractivity contribution in [1.82, 2.24) is 15.5 Å². The molecule has 4 amide bonds. The number of thiophene rings is 1. The molecule has 0 spiro atoms. The number of carbonyl (C=O) groups excluding carboxylic acids is 3. The van der Waals surface area contributed by atoms with Gasteiger partial charge in [-0.3, -0.25) is 9.59 Å². The van der Waals surface area contributed by atoms with E-state index in [-0.39, 0.29) is 23.9 Å². The van der Waals surface area contributed by atoms with E-state index in [4.69, 9.17) is 0 Å². The van der Waals surface area contributed by atoms with E-state index in [1.807, 2.05) is 29.0 Å². The van der Waals surface area contributed by atoms with Gasteiger partial charge in [0, 0.05) is 13.1 Å². The first-order valence-corrected chi connectivity index (χ1v) is 9.95. The Hall–Kier alpha value is -3.13. The fourth-order valence-corrected chi connectivity index (χ4v) is 4.29. The standard InChI is InChI=1S/C20H20N4O3S/c1-2-6-21-20(27)22-14-9-17-18(25)23-16-4-3-12(13-5-7-28-11-13)8-15(16)19(26)24(17)10-14/h2-5,7-8,11,14,17H,1,6,9-10H2,(H,23,25)(H2,21,22,27)/t14-,17-/m1/s1. The summed E-state index contributed by atoms with van der Waals surface area (Å²) in [4.78, 5) is 39.3. The number of urea groups is 1. The molecule has 0 unspecified atom stereocenters. The molecule has 0 saturated carbocycles. The van der Waals surface area contributed by atoms with Crippen molar-refractivity contribution in [3.8, 4) is 11.1 Å². The highest BCUT2D eigenvalue weighted by atomic mass is 32.1. The van der Waals surface area contributed by atoms with E-state index in [0.29, 0.717) is 30.8 Å². The first-order chi connectivity index (χ1) is 13.6. The van der Waals surface area contributed by atoms with E-state index < -0.39 is 6.04 Å². The van der Waals surface area contributed by atoms with Gasteiger partial charge in [-0.05, 0) is 46.5 Å². The summed E-state index contributed by atoms with van der Waals surface area (Å²) in [7, 11) is 0. The molecule has 1 aromatic heterocycles. The zero-order chi connectivity index (χ0) is 19.7. The van der Waals surface area contributed by atoms with Crippen molar-refractivity contribution in [2.45, 2.75) is 18.5 Å². The zero-order valence-corrected chi connectivity index (χ0v) is 15.9. The number of amides is 4. The van der Waals surface area contributed by atoms with Gasteiger partial charge in [0.2, 0.25) is 5.91 Å². The number of benzene rings is 1. The summed E-state index contributed by atoms with van der Waals surface area (Å²) in [5.74, 6) is -0.433. The third-order valence-corrected chi connectivity index (χ3v) is 5.65. The number of anilines is 1. The van der Waals surface area contributed by atoms with Crippen molar-refractivity contribution in [1.29, 1.82) is 0 Å². The average molecular weight is 396 g/mol. The van der Waals surface area contributed by atoms with Gasteiger partial charge in [-0.25, -0.2) is 4.79 Å². The summed E-state index contributed by atoms with van der Waals surface area (Å²) in [6.45, 7) is 4.20. The highest BCUT2D eigenvalue weighted by Crippen LogP contribution is 2.32. The molecule has 1 fully saturated rings. The Morgan fingerprint density at radius 3 is 2.93 bits per heavy atom. The fraction of sp³-hybridized carbons (Fsp3) is 0.250. The van der Waals surface area contributed by atoms with E-state index in [2.05, 4.69) is 22.5 Å². The molecule has 2 atom stereocenters. The number of hydrogen-bond acceptors (Lipinski definition) is 4. The quantitative estimate of drug-likeness (QED) is 0.694. The minimum Gasteiger partial charge on any atom is -0.335 e. The molecule has 144 valence electrons. The minimum atomic E-state index is -0.603. The van der Waals surface area contributed by atoms with Crippen molar-refractivity contribution < 1.29 is 14.4 Å². The normalized spacial score (nSPS) is 20.6. The summed E-state index contributed by atoms with van der Waals surface area (Å²) < 4.78 is 0. The SMILES string of the molecule is C=CCNC(=O)N[C@@H]1C[C@@H]2C(=O)Nc3ccc(-c4ccsc4)cc3C(=O)N2C1. The van der Waals surface area contributed by atoms with Crippen LogP contribution in [0.2, 0.25) is 0 Å². The second-order valence-corrected chi connectivity index (χ2v) is 7.59. The number of fused-ring (bicyclic) bond motifs is 2. The van der Waals surface area contributed by atoms with Crippen molar-refractivity contribution in [3.05, 3.63) is 53.2 Å². The molecule has 2 aliphatic rings. The molecule has 0 radical (unpaired) electrons. The van der Waals surface area contributed by atoms with E-state index in [0.717, 1.165) is 11.1 Å². The molecule has 3 heterocycles. The predicted octanol–water partition coefficient (Wildman–Crippen LogP) is 2.44. The maximum absolute atomic E-state index is 13.2. The number of nitrogens with one attached hydrogen (secondary N) is 3. The lowest BCUT2D eigenvalue weighted by Crippen LogP contribution is -2.44. The second-order valence-electron chi connectivity index (χ2n) is 6.81. The highest BCUT2D eigenvalue weighted by molar-refractivity contribution is 7.08. The Labute approximate surface area is 166 Å². The maximum Gasteiger partial charge on any atom is 0.315 e. The van der Waals surface area contributed by atoms with Crippen LogP contribution >= 0.6 is 11.3 Å². The van der Waals surface area contributed by atoms with Gasteiger partial charge in [0.25, 0.3) is 5.91 Å². The van der Waals surface area contributed by atoms with Gasteiger partial charge in [-0.1, -0.05) is 12.1 Å². The van der Waals surface area contributed by atoms with Gasteiger partial charge in [0.15, 0.2) is 0 Å². The molecule has 0 bridgehead atoms. The summed E-state index contributed by atoms with van der Waals surface area (Å²) in [6, 6.07) is 6.26. The lowest BCUT2D eigenvalue weighted by atomic mass is 10.0. The van der Waals surface area contributed by atoms with Crippen LogP contribution < -0.4 is 16.0 Å². The number of nitrogens with zero attached hydrogens (tertiary/aromatic N) is 1. The third-order valence-electron chi connectivity index (χ3n) is 4.97. The molecule has 1 aromatic carbocycles.